The van der Waals surface area contributed by atoms with Crippen molar-refractivity contribution in [1.29, 1.82) is 5.26 Å². The van der Waals surface area contributed by atoms with Gasteiger partial charge in [-0.2, -0.15) is 5.26 Å². The molecule has 0 spiro atoms. The van der Waals surface area contributed by atoms with Crippen molar-refractivity contribution >= 4 is 21.5 Å². The molecule has 1 heterocycles. The number of nitriles is 1. The Bertz CT molecular complexity index is 2710. The van der Waals surface area contributed by atoms with Gasteiger partial charge in [0.05, 0.1) is 23.0 Å². The largest absolute Gasteiger partial charge is 0.228 e. The van der Waals surface area contributed by atoms with E-state index in [4.69, 9.17) is 9.97 Å². The zero-order valence-electron chi connectivity index (χ0n) is 28.2. The molecule has 3 nitrogen and oxygen atoms in total. The van der Waals surface area contributed by atoms with Crippen molar-refractivity contribution < 1.29 is 0 Å². The van der Waals surface area contributed by atoms with E-state index in [1.165, 1.54) is 32.7 Å². The Morgan fingerprint density at radius 2 is 0.846 bits per heavy atom. The van der Waals surface area contributed by atoms with Crippen LogP contribution < -0.4 is 0 Å². The first-order valence-corrected chi connectivity index (χ1v) is 17.4. The van der Waals surface area contributed by atoms with E-state index in [2.05, 4.69) is 133 Å². The summed E-state index contributed by atoms with van der Waals surface area (Å²) in [4.78, 5) is 9.93. The minimum Gasteiger partial charge on any atom is -0.228 e. The quantitative estimate of drug-likeness (QED) is 0.178. The van der Waals surface area contributed by atoms with Gasteiger partial charge in [-0.25, -0.2) is 9.97 Å². The smallest absolute Gasteiger partial charge is 0.160 e. The molecule has 0 bridgehead atoms. The molecule has 242 valence electrons. The Morgan fingerprint density at radius 3 is 1.50 bits per heavy atom. The molecule has 0 saturated heterocycles. The second kappa shape index (κ2) is 13.3. The van der Waals surface area contributed by atoms with Gasteiger partial charge in [0.25, 0.3) is 0 Å². The molecule has 8 aromatic carbocycles. The fourth-order valence-electron chi connectivity index (χ4n) is 6.95. The van der Waals surface area contributed by atoms with Gasteiger partial charge in [0.1, 0.15) is 0 Å². The van der Waals surface area contributed by atoms with Crippen molar-refractivity contribution in [3.8, 4) is 73.4 Å². The SMILES string of the molecule is N#Cc1ccc(-c2cc(-c3ccc4cc(-c5ccc(-c6cc(-c7ccccc7)nc(-c7ccccc7)n6)cc5)ccc4c3)cc3ccccc23)cc1. The number of fused-ring (bicyclic) bond motifs is 2. The molecular formula is C49H31N3. The third-order valence-electron chi connectivity index (χ3n) is 9.70. The Labute approximate surface area is 302 Å². The van der Waals surface area contributed by atoms with E-state index in [-0.39, 0.29) is 0 Å². The highest BCUT2D eigenvalue weighted by atomic mass is 14.9. The Hall–Kier alpha value is -7.15. The summed E-state index contributed by atoms with van der Waals surface area (Å²) in [6.07, 6.45) is 0. The second-order valence-corrected chi connectivity index (χ2v) is 13.0. The number of nitrogens with zero attached hydrogens (tertiary/aromatic N) is 3. The fraction of sp³-hybridized carbons (Fsp3) is 0. The highest BCUT2D eigenvalue weighted by Crippen LogP contribution is 2.36. The van der Waals surface area contributed by atoms with Gasteiger partial charge in [0, 0.05) is 16.7 Å². The van der Waals surface area contributed by atoms with Crippen LogP contribution in [0.25, 0.3) is 88.8 Å². The monoisotopic (exact) mass is 661 g/mol. The maximum atomic E-state index is 9.31. The molecule has 0 atom stereocenters. The molecule has 0 saturated carbocycles. The van der Waals surface area contributed by atoms with Crippen LogP contribution in [-0.2, 0) is 0 Å². The van der Waals surface area contributed by atoms with E-state index in [1.807, 2.05) is 60.7 Å². The van der Waals surface area contributed by atoms with Crippen LogP contribution in [0.3, 0.4) is 0 Å². The van der Waals surface area contributed by atoms with Crippen LogP contribution in [0.1, 0.15) is 5.56 Å². The number of hydrogen-bond donors (Lipinski definition) is 0. The average Bonchev–Trinajstić information content (AvgIpc) is 3.23. The van der Waals surface area contributed by atoms with Gasteiger partial charge in [0.2, 0.25) is 0 Å². The summed E-state index contributed by atoms with van der Waals surface area (Å²) in [5.74, 6) is 0.712. The van der Waals surface area contributed by atoms with Gasteiger partial charge < -0.3 is 0 Å². The van der Waals surface area contributed by atoms with E-state index in [1.54, 1.807) is 0 Å². The summed E-state index contributed by atoms with van der Waals surface area (Å²) in [7, 11) is 0. The Morgan fingerprint density at radius 1 is 0.346 bits per heavy atom. The van der Waals surface area contributed by atoms with Crippen LogP contribution >= 0.6 is 0 Å². The lowest BCUT2D eigenvalue weighted by atomic mass is 9.91. The lowest BCUT2D eigenvalue weighted by Crippen LogP contribution is -1.95. The third-order valence-corrected chi connectivity index (χ3v) is 9.70. The van der Waals surface area contributed by atoms with Gasteiger partial charge >= 0.3 is 0 Å². The van der Waals surface area contributed by atoms with Crippen LogP contribution in [-0.4, -0.2) is 9.97 Å². The molecule has 9 aromatic rings. The van der Waals surface area contributed by atoms with Crippen LogP contribution in [0.2, 0.25) is 0 Å². The predicted octanol–water partition coefficient (Wildman–Crippen LogP) is 12.7. The van der Waals surface area contributed by atoms with Crippen LogP contribution in [0, 0.1) is 11.3 Å². The molecule has 9 rings (SSSR count). The number of aromatic nitrogens is 2. The van der Waals surface area contributed by atoms with Gasteiger partial charge in [-0.3, -0.25) is 0 Å². The minimum absolute atomic E-state index is 0.662. The maximum absolute atomic E-state index is 9.31. The van der Waals surface area contributed by atoms with Crippen LogP contribution in [0.15, 0.2) is 188 Å². The number of benzene rings is 8. The number of hydrogen-bond acceptors (Lipinski definition) is 3. The summed E-state index contributed by atoms with van der Waals surface area (Å²) in [5.41, 5.74) is 12.4. The lowest BCUT2D eigenvalue weighted by molar-refractivity contribution is 1.18. The van der Waals surface area contributed by atoms with Gasteiger partial charge in [-0.1, -0.05) is 146 Å². The van der Waals surface area contributed by atoms with Crippen molar-refractivity contribution in [2.75, 3.05) is 0 Å². The second-order valence-electron chi connectivity index (χ2n) is 13.0. The molecule has 0 aliphatic heterocycles. The maximum Gasteiger partial charge on any atom is 0.160 e. The number of rotatable bonds is 6. The Balaban J connectivity index is 1.04. The first kappa shape index (κ1) is 30.9. The van der Waals surface area contributed by atoms with Crippen molar-refractivity contribution in [1.82, 2.24) is 9.97 Å². The minimum atomic E-state index is 0.662. The molecule has 0 radical (unpaired) electrons. The molecule has 0 N–H and O–H groups in total. The molecule has 3 heteroatoms. The summed E-state index contributed by atoms with van der Waals surface area (Å²) in [5, 5.41) is 14.1. The van der Waals surface area contributed by atoms with Gasteiger partial charge in [-0.15, -0.1) is 0 Å². The highest BCUT2D eigenvalue weighted by Gasteiger charge is 2.12. The predicted molar refractivity (Wildman–Crippen MR) is 214 cm³/mol. The van der Waals surface area contributed by atoms with E-state index in [0.717, 1.165) is 50.3 Å². The van der Waals surface area contributed by atoms with Crippen molar-refractivity contribution in [2.24, 2.45) is 0 Å². The van der Waals surface area contributed by atoms with Crippen molar-refractivity contribution in [3.63, 3.8) is 0 Å². The molecule has 1 aromatic heterocycles. The summed E-state index contributed by atoms with van der Waals surface area (Å²) in [6.45, 7) is 0. The fourth-order valence-corrected chi connectivity index (χ4v) is 6.95. The topological polar surface area (TPSA) is 49.6 Å². The van der Waals surface area contributed by atoms with E-state index in [0.29, 0.717) is 11.4 Å². The highest BCUT2D eigenvalue weighted by molar-refractivity contribution is 6.01. The molecule has 0 amide bonds. The first-order valence-electron chi connectivity index (χ1n) is 17.4. The molecule has 0 fully saturated rings. The average molecular weight is 662 g/mol. The summed E-state index contributed by atoms with van der Waals surface area (Å²) < 4.78 is 0. The van der Waals surface area contributed by atoms with Gasteiger partial charge in [0.15, 0.2) is 5.82 Å². The zero-order chi connectivity index (χ0) is 34.9. The molecule has 0 aliphatic carbocycles. The standard InChI is InChI=1S/C49H31N3/c50-32-33-15-17-35(18-16-33)46-30-44(29-43-13-7-8-14-45(43)46)42-26-25-40-27-39(23-24-41(40)28-42)34-19-21-37(22-20-34)48-31-47(36-9-3-1-4-10-36)51-49(52-48)38-11-5-2-6-12-38/h1-31H. The van der Waals surface area contributed by atoms with E-state index in [9.17, 15) is 5.26 Å². The van der Waals surface area contributed by atoms with Crippen molar-refractivity contribution in [2.45, 2.75) is 0 Å². The summed E-state index contributed by atoms with van der Waals surface area (Å²) in [6, 6.07) is 67.7. The van der Waals surface area contributed by atoms with E-state index >= 15 is 0 Å². The van der Waals surface area contributed by atoms with Crippen molar-refractivity contribution in [3.05, 3.63) is 194 Å². The third kappa shape index (κ3) is 6.00. The van der Waals surface area contributed by atoms with E-state index < -0.39 is 0 Å². The zero-order valence-corrected chi connectivity index (χ0v) is 28.2. The first-order chi connectivity index (χ1) is 25.7. The molecule has 52 heavy (non-hydrogen) atoms. The molecule has 0 unspecified atom stereocenters. The Kier molecular flexibility index (Phi) is 7.89. The molecule has 0 aliphatic rings. The molecular weight excluding hydrogens is 631 g/mol. The van der Waals surface area contributed by atoms with Crippen LogP contribution in [0.4, 0.5) is 0 Å². The normalized spacial score (nSPS) is 11.1. The lowest BCUT2D eigenvalue weighted by Gasteiger charge is -2.13. The van der Waals surface area contributed by atoms with Crippen LogP contribution in [0.5, 0.6) is 0 Å². The van der Waals surface area contributed by atoms with Gasteiger partial charge in [-0.05, 0) is 97.4 Å². The summed E-state index contributed by atoms with van der Waals surface area (Å²) >= 11 is 0.